The van der Waals surface area contributed by atoms with Crippen molar-refractivity contribution in [1.82, 2.24) is 5.32 Å². The largest absolute Gasteiger partial charge is 0.506 e. The van der Waals surface area contributed by atoms with Crippen LogP contribution in [0.1, 0.15) is 12.0 Å². The molecule has 0 aliphatic heterocycles. The molecule has 0 fully saturated rings. The summed E-state index contributed by atoms with van der Waals surface area (Å²) in [6, 6.07) is 5.21. The summed E-state index contributed by atoms with van der Waals surface area (Å²) in [5.41, 5.74) is 0.961. The number of benzene rings is 1. The van der Waals surface area contributed by atoms with Crippen LogP contribution in [0.3, 0.4) is 0 Å². The first-order valence-electron chi connectivity index (χ1n) is 4.53. The normalized spacial score (nSPS) is 11.0. The fourth-order valence-corrected chi connectivity index (χ4v) is 1.20. The number of hydrogen-bond acceptors (Lipinski definition) is 2. The van der Waals surface area contributed by atoms with Crippen molar-refractivity contribution in [2.45, 2.75) is 6.42 Å². The predicted octanol–water partition coefficient (Wildman–Crippen LogP) is 2.67. The summed E-state index contributed by atoms with van der Waals surface area (Å²) in [7, 11) is 1.92. The van der Waals surface area contributed by atoms with Gasteiger partial charge in [0.2, 0.25) is 0 Å². The van der Waals surface area contributed by atoms with E-state index in [0.717, 1.165) is 18.5 Å². The van der Waals surface area contributed by atoms with Gasteiger partial charge < -0.3 is 10.4 Å². The lowest BCUT2D eigenvalue weighted by Crippen LogP contribution is -2.05. The van der Waals surface area contributed by atoms with Crippen LogP contribution in [0, 0.1) is 0 Å². The first-order valence-corrected chi connectivity index (χ1v) is 4.91. The maximum atomic E-state index is 9.32. The average molecular weight is 212 g/mol. The monoisotopic (exact) mass is 211 g/mol. The molecule has 0 radical (unpaired) electrons. The topological polar surface area (TPSA) is 32.3 Å². The lowest BCUT2D eigenvalue weighted by atomic mass is 10.2. The third-order valence-corrected chi connectivity index (χ3v) is 2.16. The standard InChI is InChI=1S/C11H14ClNO/c1-13-7-3-2-4-9-5-6-10(12)11(14)8-9/h2,4-6,8,13-14H,3,7H2,1H3. The van der Waals surface area contributed by atoms with Gasteiger partial charge in [-0.1, -0.05) is 29.8 Å². The smallest absolute Gasteiger partial charge is 0.134 e. The van der Waals surface area contributed by atoms with Crippen LogP contribution in [0.4, 0.5) is 0 Å². The van der Waals surface area contributed by atoms with Crippen molar-refractivity contribution < 1.29 is 5.11 Å². The fraction of sp³-hybridized carbons (Fsp3) is 0.273. The molecule has 0 aromatic heterocycles. The number of aromatic hydroxyl groups is 1. The molecule has 0 aliphatic carbocycles. The Bertz CT molecular complexity index is 323. The zero-order chi connectivity index (χ0) is 10.4. The van der Waals surface area contributed by atoms with Crippen LogP contribution in [-0.2, 0) is 0 Å². The van der Waals surface area contributed by atoms with Crippen LogP contribution in [0.2, 0.25) is 5.02 Å². The first kappa shape index (κ1) is 11.1. The van der Waals surface area contributed by atoms with E-state index in [1.54, 1.807) is 12.1 Å². The predicted molar refractivity (Wildman–Crippen MR) is 60.7 cm³/mol. The highest BCUT2D eigenvalue weighted by molar-refractivity contribution is 6.32. The summed E-state index contributed by atoms with van der Waals surface area (Å²) < 4.78 is 0. The highest BCUT2D eigenvalue weighted by Gasteiger charge is 1.96. The van der Waals surface area contributed by atoms with Gasteiger partial charge in [0.1, 0.15) is 5.75 Å². The van der Waals surface area contributed by atoms with Crippen LogP contribution < -0.4 is 5.32 Å². The van der Waals surface area contributed by atoms with Crippen molar-refractivity contribution in [3.63, 3.8) is 0 Å². The van der Waals surface area contributed by atoms with Crippen LogP contribution >= 0.6 is 11.6 Å². The molecule has 14 heavy (non-hydrogen) atoms. The minimum atomic E-state index is 0.127. The third kappa shape index (κ3) is 3.40. The van der Waals surface area contributed by atoms with Gasteiger partial charge in [0.25, 0.3) is 0 Å². The summed E-state index contributed by atoms with van der Waals surface area (Å²) in [6.07, 6.45) is 4.99. The van der Waals surface area contributed by atoms with Gasteiger partial charge in [-0.3, -0.25) is 0 Å². The van der Waals surface area contributed by atoms with Gasteiger partial charge in [0.15, 0.2) is 0 Å². The van der Waals surface area contributed by atoms with Crippen LogP contribution in [0.25, 0.3) is 6.08 Å². The van der Waals surface area contributed by atoms with E-state index < -0.39 is 0 Å². The van der Waals surface area contributed by atoms with Gasteiger partial charge in [-0.05, 0) is 37.7 Å². The maximum Gasteiger partial charge on any atom is 0.134 e. The van der Waals surface area contributed by atoms with E-state index in [2.05, 4.69) is 11.4 Å². The molecule has 0 aliphatic rings. The Balaban J connectivity index is 2.59. The molecule has 0 amide bonds. The van der Waals surface area contributed by atoms with Crippen LogP contribution in [0.15, 0.2) is 24.3 Å². The Kier molecular flexibility index (Phi) is 4.50. The van der Waals surface area contributed by atoms with Crippen molar-refractivity contribution in [3.8, 4) is 5.75 Å². The third-order valence-electron chi connectivity index (χ3n) is 1.84. The Morgan fingerprint density at radius 1 is 1.50 bits per heavy atom. The number of hydrogen-bond donors (Lipinski definition) is 2. The van der Waals surface area contributed by atoms with E-state index in [1.807, 2.05) is 19.2 Å². The second-order valence-electron chi connectivity index (χ2n) is 3.01. The first-order chi connectivity index (χ1) is 6.74. The van der Waals surface area contributed by atoms with Crippen molar-refractivity contribution >= 4 is 17.7 Å². The molecule has 0 saturated heterocycles. The summed E-state index contributed by atoms with van der Waals surface area (Å²) in [5.74, 6) is 0.127. The van der Waals surface area contributed by atoms with Crippen molar-refractivity contribution in [2.24, 2.45) is 0 Å². The number of phenolic OH excluding ortho intramolecular Hbond substituents is 1. The minimum Gasteiger partial charge on any atom is -0.506 e. The summed E-state index contributed by atoms with van der Waals surface area (Å²) in [5, 5.41) is 12.8. The molecule has 0 unspecified atom stereocenters. The van der Waals surface area contributed by atoms with Gasteiger partial charge in [0, 0.05) is 0 Å². The number of nitrogens with one attached hydrogen (secondary N) is 1. The Hall–Kier alpha value is -0.990. The number of phenols is 1. The molecule has 0 bridgehead atoms. The molecule has 1 aromatic carbocycles. The van der Waals surface area contributed by atoms with Gasteiger partial charge in [0.05, 0.1) is 5.02 Å². The highest BCUT2D eigenvalue weighted by Crippen LogP contribution is 2.24. The van der Waals surface area contributed by atoms with Crippen molar-refractivity contribution in [1.29, 1.82) is 0 Å². The highest BCUT2D eigenvalue weighted by atomic mass is 35.5. The molecule has 76 valence electrons. The zero-order valence-electron chi connectivity index (χ0n) is 8.13. The van der Waals surface area contributed by atoms with E-state index in [9.17, 15) is 5.11 Å². The number of halogens is 1. The summed E-state index contributed by atoms with van der Waals surface area (Å²) >= 11 is 5.68. The quantitative estimate of drug-likeness (QED) is 0.751. The molecule has 0 heterocycles. The minimum absolute atomic E-state index is 0.127. The molecule has 0 spiro atoms. The van der Waals surface area contributed by atoms with E-state index in [-0.39, 0.29) is 5.75 Å². The fourth-order valence-electron chi connectivity index (χ4n) is 1.08. The van der Waals surface area contributed by atoms with E-state index >= 15 is 0 Å². The Morgan fingerprint density at radius 3 is 2.93 bits per heavy atom. The summed E-state index contributed by atoms with van der Waals surface area (Å²) in [4.78, 5) is 0. The molecule has 3 heteroatoms. The van der Waals surface area contributed by atoms with E-state index in [0.29, 0.717) is 5.02 Å². The van der Waals surface area contributed by atoms with Crippen LogP contribution in [-0.4, -0.2) is 18.7 Å². The van der Waals surface area contributed by atoms with Crippen molar-refractivity contribution in [2.75, 3.05) is 13.6 Å². The van der Waals surface area contributed by atoms with Gasteiger partial charge in [-0.2, -0.15) is 0 Å². The number of rotatable bonds is 4. The molecule has 2 nitrogen and oxygen atoms in total. The van der Waals surface area contributed by atoms with E-state index in [1.165, 1.54) is 0 Å². The van der Waals surface area contributed by atoms with Gasteiger partial charge in [-0.15, -0.1) is 0 Å². The molecular weight excluding hydrogens is 198 g/mol. The maximum absolute atomic E-state index is 9.32. The molecule has 2 N–H and O–H groups in total. The van der Waals surface area contributed by atoms with Gasteiger partial charge >= 0.3 is 0 Å². The summed E-state index contributed by atoms with van der Waals surface area (Å²) in [6.45, 7) is 0.954. The second-order valence-corrected chi connectivity index (χ2v) is 3.41. The molecular formula is C11H14ClNO. The molecule has 0 saturated carbocycles. The van der Waals surface area contributed by atoms with Gasteiger partial charge in [-0.25, -0.2) is 0 Å². The Labute approximate surface area is 89.2 Å². The average Bonchev–Trinajstić information content (AvgIpc) is 2.18. The Morgan fingerprint density at radius 2 is 2.29 bits per heavy atom. The zero-order valence-corrected chi connectivity index (χ0v) is 8.88. The lowest BCUT2D eigenvalue weighted by Gasteiger charge is -1.98. The van der Waals surface area contributed by atoms with E-state index in [4.69, 9.17) is 11.6 Å². The second kappa shape index (κ2) is 5.68. The lowest BCUT2D eigenvalue weighted by molar-refractivity contribution is 0.475. The molecule has 1 rings (SSSR count). The molecule has 1 aromatic rings. The molecule has 0 atom stereocenters. The van der Waals surface area contributed by atoms with Crippen molar-refractivity contribution in [3.05, 3.63) is 34.9 Å². The SMILES string of the molecule is CNCCC=Cc1ccc(Cl)c(O)c1. The van der Waals surface area contributed by atoms with Crippen LogP contribution in [0.5, 0.6) is 5.75 Å².